The Hall–Kier alpha value is -3.80. The lowest BCUT2D eigenvalue weighted by Gasteiger charge is -2.20. The number of benzene rings is 3. The molecule has 5 rings (SSSR count). The zero-order valence-electron chi connectivity index (χ0n) is 19.8. The second-order valence-corrected chi connectivity index (χ2v) is 8.73. The van der Waals surface area contributed by atoms with Gasteiger partial charge in [0.1, 0.15) is 23.9 Å². The summed E-state index contributed by atoms with van der Waals surface area (Å²) in [6, 6.07) is 21.9. The molecule has 6 nitrogen and oxygen atoms in total. The number of hydrogen-bond acceptors (Lipinski definition) is 4. The quantitative estimate of drug-likeness (QED) is 0.381. The SMILES string of the molecule is COc1ccccc1N1C[C@@H](c2nc3ccccc3n2CCOc2cccc(C)c2C)CC1=O. The number of hydrogen-bond donors (Lipinski definition) is 0. The fourth-order valence-corrected chi connectivity index (χ4v) is 4.73. The lowest BCUT2D eigenvalue weighted by atomic mass is 10.1. The van der Waals surface area contributed by atoms with Crippen molar-refractivity contribution in [1.29, 1.82) is 0 Å². The van der Waals surface area contributed by atoms with E-state index in [0.717, 1.165) is 33.9 Å². The molecular weight excluding hydrogens is 426 g/mol. The van der Waals surface area contributed by atoms with Crippen LogP contribution in [0.3, 0.4) is 0 Å². The molecule has 2 heterocycles. The number of ether oxygens (including phenoxy) is 2. The van der Waals surface area contributed by atoms with Crippen molar-refractivity contribution in [3.63, 3.8) is 0 Å². The Balaban J connectivity index is 1.42. The van der Waals surface area contributed by atoms with Crippen molar-refractivity contribution in [1.82, 2.24) is 9.55 Å². The molecule has 0 unspecified atom stereocenters. The molecule has 1 aliphatic heterocycles. The van der Waals surface area contributed by atoms with Crippen LogP contribution in [-0.4, -0.2) is 35.7 Å². The second-order valence-electron chi connectivity index (χ2n) is 8.73. The summed E-state index contributed by atoms with van der Waals surface area (Å²) in [5, 5.41) is 0. The first-order chi connectivity index (χ1) is 16.6. The number of carbonyl (C=O) groups is 1. The highest BCUT2D eigenvalue weighted by Gasteiger charge is 2.35. The molecule has 1 atom stereocenters. The van der Waals surface area contributed by atoms with Crippen LogP contribution in [0.1, 0.15) is 29.3 Å². The maximum Gasteiger partial charge on any atom is 0.227 e. The van der Waals surface area contributed by atoms with Crippen molar-refractivity contribution in [3.05, 3.63) is 83.7 Å². The van der Waals surface area contributed by atoms with Gasteiger partial charge in [-0.15, -0.1) is 0 Å². The van der Waals surface area contributed by atoms with E-state index in [4.69, 9.17) is 14.5 Å². The van der Waals surface area contributed by atoms with E-state index in [9.17, 15) is 4.79 Å². The first-order valence-electron chi connectivity index (χ1n) is 11.6. The molecule has 6 heteroatoms. The van der Waals surface area contributed by atoms with Gasteiger partial charge >= 0.3 is 0 Å². The van der Waals surface area contributed by atoms with Crippen LogP contribution in [0.5, 0.6) is 11.5 Å². The standard InChI is InChI=1S/C28H29N3O3/c1-19-9-8-14-25(20(19)2)34-16-15-30-23-11-5-4-10-22(23)29-28(30)21-17-27(32)31(18-21)24-12-6-7-13-26(24)33-3/h4-14,21H,15-18H2,1-3H3/t21-/m0/s1. The molecule has 3 aromatic carbocycles. The number of carbonyl (C=O) groups excluding carboxylic acids is 1. The minimum atomic E-state index is -0.00878. The van der Waals surface area contributed by atoms with Crippen molar-refractivity contribution in [2.45, 2.75) is 32.7 Å². The summed E-state index contributed by atoms with van der Waals surface area (Å²) in [5.41, 5.74) is 5.18. The van der Waals surface area contributed by atoms with Crippen LogP contribution in [0.25, 0.3) is 11.0 Å². The number of rotatable bonds is 7. The molecule has 0 N–H and O–H groups in total. The summed E-state index contributed by atoms with van der Waals surface area (Å²) in [7, 11) is 1.63. The molecule has 4 aromatic rings. The monoisotopic (exact) mass is 455 g/mol. The molecule has 174 valence electrons. The van der Waals surface area contributed by atoms with Gasteiger partial charge < -0.3 is 18.9 Å². The number of amides is 1. The average Bonchev–Trinajstić information content (AvgIpc) is 3.42. The zero-order valence-corrected chi connectivity index (χ0v) is 19.8. The topological polar surface area (TPSA) is 56.6 Å². The number of anilines is 1. The molecule has 1 saturated heterocycles. The minimum Gasteiger partial charge on any atom is -0.495 e. The third-order valence-electron chi connectivity index (χ3n) is 6.68. The zero-order chi connectivity index (χ0) is 23.7. The number of methoxy groups -OCH3 is 1. The Morgan fingerprint density at radius 2 is 1.74 bits per heavy atom. The molecular formula is C28H29N3O3. The number of aromatic nitrogens is 2. The molecule has 1 fully saturated rings. The van der Waals surface area contributed by atoms with Crippen molar-refractivity contribution in [2.24, 2.45) is 0 Å². The molecule has 1 aromatic heterocycles. The Bertz CT molecular complexity index is 1340. The van der Waals surface area contributed by atoms with Crippen LogP contribution in [0.4, 0.5) is 5.69 Å². The number of fused-ring (bicyclic) bond motifs is 1. The Morgan fingerprint density at radius 1 is 0.971 bits per heavy atom. The van der Waals surface area contributed by atoms with Gasteiger partial charge in [-0.2, -0.15) is 0 Å². The predicted molar refractivity (Wildman–Crippen MR) is 134 cm³/mol. The van der Waals surface area contributed by atoms with Gasteiger partial charge in [0, 0.05) is 18.9 Å². The van der Waals surface area contributed by atoms with Crippen molar-refractivity contribution < 1.29 is 14.3 Å². The van der Waals surface area contributed by atoms with Gasteiger partial charge in [0.05, 0.1) is 30.4 Å². The first-order valence-corrected chi connectivity index (χ1v) is 11.6. The molecule has 1 amide bonds. The van der Waals surface area contributed by atoms with E-state index in [-0.39, 0.29) is 11.8 Å². The predicted octanol–water partition coefficient (Wildman–Crippen LogP) is 5.26. The number of nitrogens with zero attached hydrogens (tertiary/aromatic N) is 3. The molecule has 0 radical (unpaired) electrons. The van der Waals surface area contributed by atoms with E-state index < -0.39 is 0 Å². The Morgan fingerprint density at radius 3 is 2.59 bits per heavy atom. The smallest absolute Gasteiger partial charge is 0.227 e. The number of para-hydroxylation sites is 4. The van der Waals surface area contributed by atoms with E-state index in [1.807, 2.05) is 59.5 Å². The largest absolute Gasteiger partial charge is 0.495 e. The highest BCUT2D eigenvalue weighted by atomic mass is 16.5. The summed E-state index contributed by atoms with van der Waals surface area (Å²) in [6.07, 6.45) is 0.416. The molecule has 34 heavy (non-hydrogen) atoms. The molecule has 0 bridgehead atoms. The molecule has 0 aliphatic carbocycles. The maximum absolute atomic E-state index is 13.0. The average molecular weight is 456 g/mol. The molecule has 1 aliphatic rings. The van der Waals surface area contributed by atoms with Crippen molar-refractivity contribution in [2.75, 3.05) is 25.2 Å². The van der Waals surface area contributed by atoms with Crippen molar-refractivity contribution >= 4 is 22.6 Å². The van der Waals surface area contributed by atoms with Crippen LogP contribution >= 0.6 is 0 Å². The second kappa shape index (κ2) is 9.21. The van der Waals surface area contributed by atoms with E-state index in [2.05, 4.69) is 30.5 Å². The van der Waals surface area contributed by atoms with Crippen LogP contribution in [-0.2, 0) is 11.3 Å². The molecule has 0 saturated carbocycles. The van der Waals surface area contributed by atoms with Crippen LogP contribution in [0.2, 0.25) is 0 Å². The van der Waals surface area contributed by atoms with E-state index in [1.165, 1.54) is 5.56 Å². The van der Waals surface area contributed by atoms with Crippen LogP contribution in [0.15, 0.2) is 66.7 Å². The fourth-order valence-electron chi connectivity index (χ4n) is 4.73. The summed E-state index contributed by atoms with van der Waals surface area (Å²) >= 11 is 0. The van der Waals surface area contributed by atoms with Gasteiger partial charge in [-0.1, -0.05) is 36.4 Å². The third-order valence-corrected chi connectivity index (χ3v) is 6.68. The summed E-state index contributed by atoms with van der Waals surface area (Å²) in [5.74, 6) is 2.61. The van der Waals surface area contributed by atoms with Crippen LogP contribution < -0.4 is 14.4 Å². The van der Waals surface area contributed by atoms with Gasteiger partial charge in [-0.3, -0.25) is 4.79 Å². The van der Waals surface area contributed by atoms with E-state index in [0.29, 0.717) is 31.9 Å². The maximum atomic E-state index is 13.0. The summed E-state index contributed by atoms with van der Waals surface area (Å²) in [4.78, 5) is 19.8. The van der Waals surface area contributed by atoms with Gasteiger partial charge in [0.25, 0.3) is 0 Å². The van der Waals surface area contributed by atoms with Gasteiger partial charge in [-0.05, 0) is 55.3 Å². The molecule has 0 spiro atoms. The van der Waals surface area contributed by atoms with Gasteiger partial charge in [0.2, 0.25) is 5.91 Å². The van der Waals surface area contributed by atoms with E-state index >= 15 is 0 Å². The third kappa shape index (κ3) is 4.00. The highest BCUT2D eigenvalue weighted by molar-refractivity contribution is 5.97. The Kier molecular flexibility index (Phi) is 5.97. The number of imidazole rings is 1. The minimum absolute atomic E-state index is 0.00878. The Labute approximate surface area is 199 Å². The van der Waals surface area contributed by atoms with Crippen molar-refractivity contribution in [3.8, 4) is 11.5 Å². The normalized spacial score (nSPS) is 15.8. The van der Waals surface area contributed by atoms with Gasteiger partial charge in [-0.25, -0.2) is 4.98 Å². The first kappa shape index (κ1) is 22.0. The fraction of sp³-hybridized carbons (Fsp3) is 0.286. The van der Waals surface area contributed by atoms with E-state index in [1.54, 1.807) is 7.11 Å². The number of aryl methyl sites for hydroxylation is 1. The lowest BCUT2D eigenvalue weighted by Crippen LogP contribution is -2.25. The summed E-state index contributed by atoms with van der Waals surface area (Å²) in [6.45, 7) is 5.92. The highest BCUT2D eigenvalue weighted by Crippen LogP contribution is 2.37. The van der Waals surface area contributed by atoms with Crippen LogP contribution in [0, 0.1) is 13.8 Å². The lowest BCUT2D eigenvalue weighted by molar-refractivity contribution is -0.117. The van der Waals surface area contributed by atoms with Gasteiger partial charge in [0.15, 0.2) is 0 Å². The summed E-state index contributed by atoms with van der Waals surface area (Å²) < 4.78 is 13.9.